The molecule has 1 aliphatic rings. The first kappa shape index (κ1) is 6.68. The zero-order valence-electron chi connectivity index (χ0n) is 5.56. The van der Waals surface area contributed by atoms with E-state index in [4.69, 9.17) is 4.74 Å². The van der Waals surface area contributed by atoms with E-state index in [-0.39, 0.29) is 0 Å². The maximum atomic E-state index is 5.41. The molecule has 0 bridgehead atoms. The zero-order valence-corrected chi connectivity index (χ0v) is 7.96. The van der Waals surface area contributed by atoms with E-state index in [9.17, 15) is 0 Å². The molecule has 1 aromatic heterocycles. The summed E-state index contributed by atoms with van der Waals surface area (Å²) < 4.78 is 6.64. The second-order valence-corrected chi connectivity index (χ2v) is 4.70. The standard InChI is InChI=1S/C7H7BrOS/c1-4-2-9-5-3-10-7(8)6(4)5/h3-4H,2H2,1H3. The van der Waals surface area contributed by atoms with Crippen molar-refractivity contribution in [1.82, 2.24) is 0 Å². The molecule has 1 aliphatic heterocycles. The average molecular weight is 219 g/mol. The van der Waals surface area contributed by atoms with Crippen molar-refractivity contribution in [2.24, 2.45) is 0 Å². The molecule has 2 rings (SSSR count). The van der Waals surface area contributed by atoms with Crippen LogP contribution in [0.2, 0.25) is 0 Å². The Morgan fingerprint density at radius 2 is 2.60 bits per heavy atom. The maximum absolute atomic E-state index is 5.41. The molecule has 10 heavy (non-hydrogen) atoms. The Morgan fingerprint density at radius 3 is 3.30 bits per heavy atom. The number of rotatable bonds is 0. The number of hydrogen-bond acceptors (Lipinski definition) is 2. The van der Waals surface area contributed by atoms with E-state index < -0.39 is 0 Å². The summed E-state index contributed by atoms with van der Waals surface area (Å²) in [6.45, 7) is 3.03. The van der Waals surface area contributed by atoms with Crippen LogP contribution >= 0.6 is 27.3 Å². The molecule has 2 heterocycles. The maximum Gasteiger partial charge on any atom is 0.134 e. The van der Waals surface area contributed by atoms with E-state index in [1.54, 1.807) is 11.3 Å². The van der Waals surface area contributed by atoms with Crippen LogP contribution < -0.4 is 4.74 Å². The summed E-state index contributed by atoms with van der Waals surface area (Å²) in [5.41, 5.74) is 1.35. The molecule has 54 valence electrons. The van der Waals surface area contributed by atoms with Crippen LogP contribution in [0.1, 0.15) is 18.4 Å². The highest BCUT2D eigenvalue weighted by Gasteiger charge is 2.24. The van der Waals surface area contributed by atoms with Crippen LogP contribution in [0, 0.1) is 0 Å². The topological polar surface area (TPSA) is 9.23 Å². The SMILES string of the molecule is CC1COc2csc(Br)c21. The fraction of sp³-hybridized carbons (Fsp3) is 0.429. The van der Waals surface area contributed by atoms with Crippen molar-refractivity contribution < 1.29 is 4.74 Å². The molecule has 0 radical (unpaired) electrons. The van der Waals surface area contributed by atoms with Crippen molar-refractivity contribution in [2.45, 2.75) is 12.8 Å². The largest absolute Gasteiger partial charge is 0.492 e. The van der Waals surface area contributed by atoms with Crippen molar-refractivity contribution in [3.8, 4) is 5.75 Å². The molecule has 1 nitrogen and oxygen atoms in total. The first-order chi connectivity index (χ1) is 4.79. The van der Waals surface area contributed by atoms with E-state index >= 15 is 0 Å². The lowest BCUT2D eigenvalue weighted by molar-refractivity contribution is 0.338. The number of hydrogen-bond donors (Lipinski definition) is 0. The Kier molecular flexibility index (Phi) is 1.49. The Morgan fingerprint density at radius 1 is 1.80 bits per heavy atom. The van der Waals surface area contributed by atoms with Gasteiger partial charge in [-0.1, -0.05) is 6.92 Å². The number of ether oxygens (including phenoxy) is 1. The van der Waals surface area contributed by atoms with Gasteiger partial charge in [0.1, 0.15) is 5.75 Å². The molecular formula is C7H7BrOS. The number of fused-ring (bicyclic) bond motifs is 1. The second kappa shape index (κ2) is 2.24. The predicted octanol–water partition coefficient (Wildman–Crippen LogP) is 3.01. The molecule has 0 saturated heterocycles. The van der Waals surface area contributed by atoms with Gasteiger partial charge in [0.2, 0.25) is 0 Å². The van der Waals surface area contributed by atoms with Gasteiger partial charge in [-0.25, -0.2) is 0 Å². The quantitative estimate of drug-likeness (QED) is 0.651. The van der Waals surface area contributed by atoms with Crippen molar-refractivity contribution >= 4 is 27.3 Å². The van der Waals surface area contributed by atoms with E-state index in [0.29, 0.717) is 5.92 Å². The fourth-order valence-electron chi connectivity index (χ4n) is 1.18. The lowest BCUT2D eigenvalue weighted by atomic mass is 10.1. The summed E-state index contributed by atoms with van der Waals surface area (Å²) in [6, 6.07) is 0. The first-order valence-electron chi connectivity index (χ1n) is 3.18. The second-order valence-electron chi connectivity index (χ2n) is 2.50. The smallest absolute Gasteiger partial charge is 0.134 e. The van der Waals surface area contributed by atoms with Crippen molar-refractivity contribution in [2.75, 3.05) is 6.61 Å². The van der Waals surface area contributed by atoms with E-state index in [1.165, 1.54) is 9.35 Å². The molecule has 0 amide bonds. The van der Waals surface area contributed by atoms with Gasteiger partial charge in [0.05, 0.1) is 10.4 Å². The molecule has 1 unspecified atom stereocenters. The normalized spacial score (nSPS) is 22.4. The highest BCUT2D eigenvalue weighted by Crippen LogP contribution is 2.43. The summed E-state index contributed by atoms with van der Waals surface area (Å²) in [4.78, 5) is 0. The highest BCUT2D eigenvalue weighted by atomic mass is 79.9. The van der Waals surface area contributed by atoms with Gasteiger partial charge in [-0.3, -0.25) is 0 Å². The van der Waals surface area contributed by atoms with Crippen LogP contribution in [-0.2, 0) is 0 Å². The van der Waals surface area contributed by atoms with Gasteiger partial charge in [0.15, 0.2) is 0 Å². The van der Waals surface area contributed by atoms with Gasteiger partial charge in [-0.05, 0) is 15.9 Å². The molecule has 0 N–H and O–H groups in total. The highest BCUT2D eigenvalue weighted by molar-refractivity contribution is 9.11. The summed E-state index contributed by atoms with van der Waals surface area (Å²) >= 11 is 5.20. The molecule has 1 atom stereocenters. The summed E-state index contributed by atoms with van der Waals surface area (Å²) in [7, 11) is 0. The molecule has 0 aromatic carbocycles. The van der Waals surface area contributed by atoms with Crippen molar-refractivity contribution in [1.29, 1.82) is 0 Å². The van der Waals surface area contributed by atoms with Gasteiger partial charge in [0, 0.05) is 16.9 Å². The molecule has 3 heteroatoms. The molecule has 0 saturated carbocycles. The van der Waals surface area contributed by atoms with Crippen LogP contribution in [0.4, 0.5) is 0 Å². The number of thiophene rings is 1. The molecular weight excluding hydrogens is 212 g/mol. The molecule has 0 fully saturated rings. The summed E-state index contributed by atoms with van der Waals surface area (Å²) in [6.07, 6.45) is 0. The van der Waals surface area contributed by atoms with Crippen LogP contribution in [0.25, 0.3) is 0 Å². The minimum atomic E-state index is 0.565. The minimum Gasteiger partial charge on any atom is -0.492 e. The first-order valence-corrected chi connectivity index (χ1v) is 4.86. The summed E-state index contributed by atoms with van der Waals surface area (Å²) in [5.74, 6) is 1.64. The lowest BCUT2D eigenvalue weighted by Crippen LogP contribution is -1.94. The van der Waals surface area contributed by atoms with Gasteiger partial charge in [-0.2, -0.15) is 0 Å². The van der Waals surface area contributed by atoms with Gasteiger partial charge >= 0.3 is 0 Å². The number of halogens is 1. The van der Waals surface area contributed by atoms with Crippen LogP contribution in [-0.4, -0.2) is 6.61 Å². The van der Waals surface area contributed by atoms with Crippen LogP contribution in [0.15, 0.2) is 9.17 Å². The summed E-state index contributed by atoms with van der Waals surface area (Å²) in [5, 5.41) is 2.06. The van der Waals surface area contributed by atoms with Crippen molar-refractivity contribution in [3.63, 3.8) is 0 Å². The Hall–Kier alpha value is -0.0200. The van der Waals surface area contributed by atoms with Crippen molar-refractivity contribution in [3.05, 3.63) is 14.7 Å². The van der Waals surface area contributed by atoms with Crippen LogP contribution in [0.3, 0.4) is 0 Å². The Bertz CT molecular complexity index is 256. The van der Waals surface area contributed by atoms with E-state index in [2.05, 4.69) is 28.2 Å². The zero-order chi connectivity index (χ0) is 7.14. The lowest BCUT2D eigenvalue weighted by Gasteiger charge is -1.96. The third-order valence-corrected chi connectivity index (χ3v) is 3.47. The third kappa shape index (κ3) is 0.805. The molecule has 1 aromatic rings. The molecule has 0 spiro atoms. The Balaban J connectivity index is 2.54. The minimum absolute atomic E-state index is 0.565. The Labute approximate surface area is 72.1 Å². The van der Waals surface area contributed by atoms with E-state index in [1.807, 2.05) is 0 Å². The van der Waals surface area contributed by atoms with Crippen LogP contribution in [0.5, 0.6) is 5.75 Å². The van der Waals surface area contributed by atoms with Gasteiger partial charge in [0.25, 0.3) is 0 Å². The van der Waals surface area contributed by atoms with E-state index in [0.717, 1.165) is 12.4 Å². The molecule has 0 aliphatic carbocycles. The average Bonchev–Trinajstić information content (AvgIpc) is 2.40. The third-order valence-electron chi connectivity index (χ3n) is 1.73. The fourth-order valence-corrected chi connectivity index (χ4v) is 2.88. The monoisotopic (exact) mass is 218 g/mol. The predicted molar refractivity (Wildman–Crippen MR) is 45.9 cm³/mol. The van der Waals surface area contributed by atoms with Gasteiger partial charge < -0.3 is 4.74 Å². The van der Waals surface area contributed by atoms with Gasteiger partial charge in [-0.15, -0.1) is 11.3 Å².